The molecule has 2 nitrogen and oxygen atoms in total. The molecule has 3 heteroatoms. The summed E-state index contributed by atoms with van der Waals surface area (Å²) in [7, 11) is 0. The Morgan fingerprint density at radius 1 is 0.311 bits per heavy atom. The molecule has 0 radical (unpaired) electrons. The smallest absolute Gasteiger partial charge is 0.0135 e. The lowest BCUT2D eigenvalue weighted by atomic mass is 9.62. The molecule has 7 saturated carbocycles. The lowest BCUT2D eigenvalue weighted by Crippen LogP contribution is -2.51. The monoisotopic (exact) mass is 633 g/mol. The first-order chi connectivity index (χ1) is 22.3. The maximum atomic E-state index is 3.39. The van der Waals surface area contributed by atoms with E-state index in [0.29, 0.717) is 0 Å². The van der Waals surface area contributed by atoms with Gasteiger partial charge in [-0.25, -0.2) is 0 Å². The summed E-state index contributed by atoms with van der Waals surface area (Å²) in [5, 5.41) is 2.08. The van der Waals surface area contributed by atoms with Gasteiger partial charge in [0.1, 0.15) is 0 Å². The molecule has 0 aromatic rings. The van der Waals surface area contributed by atoms with Crippen molar-refractivity contribution in [1.82, 2.24) is 9.80 Å². The maximum Gasteiger partial charge on any atom is 0.0135 e. The summed E-state index contributed by atoms with van der Waals surface area (Å²) in [4.78, 5) is 6.65. The van der Waals surface area contributed by atoms with Crippen LogP contribution in [-0.4, -0.2) is 56.6 Å². The summed E-state index contributed by atoms with van der Waals surface area (Å²) < 4.78 is 0. The normalized spacial score (nSPS) is 54.0. The van der Waals surface area contributed by atoms with Crippen molar-refractivity contribution in [2.24, 2.45) is 47.3 Å². The number of fused-ring (bicyclic) bond motifs is 9. The number of rotatable bonds is 3. The van der Waals surface area contributed by atoms with Crippen LogP contribution in [0.4, 0.5) is 0 Å². The van der Waals surface area contributed by atoms with E-state index in [1.807, 2.05) is 0 Å². The molecule has 10 fully saturated rings. The molecule has 7 aliphatic carbocycles. The predicted octanol–water partition coefficient (Wildman–Crippen LogP) is 10.5. The Morgan fingerprint density at radius 2 is 0.889 bits per heavy atom. The summed E-state index contributed by atoms with van der Waals surface area (Å²) in [6, 6.07) is 5.80. The highest BCUT2D eigenvalue weighted by molar-refractivity contribution is 8.00. The molecule has 15 unspecified atom stereocenters. The van der Waals surface area contributed by atoms with Crippen LogP contribution >= 0.6 is 11.8 Å². The molecule has 10 aliphatic rings. The molecule has 15 atom stereocenters. The van der Waals surface area contributed by atoms with Gasteiger partial charge in [-0.1, -0.05) is 57.8 Å². The fourth-order valence-corrected chi connectivity index (χ4v) is 18.1. The Labute approximate surface area is 281 Å². The predicted molar refractivity (Wildman–Crippen MR) is 190 cm³/mol. The van der Waals surface area contributed by atoms with E-state index in [1.54, 1.807) is 116 Å². The molecule has 0 bridgehead atoms. The van der Waals surface area contributed by atoms with Crippen LogP contribution in [-0.2, 0) is 0 Å². The van der Waals surface area contributed by atoms with Gasteiger partial charge >= 0.3 is 0 Å². The Bertz CT molecular complexity index is 1040. The first-order valence-corrected chi connectivity index (χ1v) is 22.5. The minimum atomic E-state index is 0.949. The van der Waals surface area contributed by atoms with Gasteiger partial charge in [0.15, 0.2) is 0 Å². The summed E-state index contributed by atoms with van der Waals surface area (Å²) in [6.07, 6.45) is 40.6. The molecule has 0 amide bonds. The second-order valence-electron chi connectivity index (χ2n) is 19.1. The Kier molecular flexibility index (Phi) is 8.40. The number of hydrogen-bond donors (Lipinski definition) is 0. The van der Waals surface area contributed by atoms with Gasteiger partial charge in [0, 0.05) is 46.8 Å². The molecular weight excluding hydrogens is 565 g/mol. The fourth-order valence-electron chi connectivity index (χ4n) is 16.0. The van der Waals surface area contributed by atoms with E-state index in [9.17, 15) is 0 Å². The second kappa shape index (κ2) is 12.5. The third-order valence-electron chi connectivity index (χ3n) is 17.6. The molecule has 0 aromatic heterocycles. The van der Waals surface area contributed by atoms with E-state index >= 15 is 0 Å². The molecule has 3 heterocycles. The minimum absolute atomic E-state index is 0.949. The van der Waals surface area contributed by atoms with E-state index in [1.165, 1.54) is 51.4 Å². The fraction of sp³-hybridized carbons (Fsp3) is 1.00. The van der Waals surface area contributed by atoms with E-state index < -0.39 is 0 Å². The van der Waals surface area contributed by atoms with E-state index in [2.05, 4.69) is 21.6 Å². The number of nitrogens with zero attached hydrogens (tertiary/aromatic N) is 2. The van der Waals surface area contributed by atoms with Gasteiger partial charge in [0.05, 0.1) is 0 Å². The zero-order valence-electron chi connectivity index (χ0n) is 28.9. The van der Waals surface area contributed by atoms with E-state index in [-0.39, 0.29) is 0 Å². The highest BCUT2D eigenvalue weighted by atomic mass is 32.2. The molecule has 3 aliphatic heterocycles. The second-order valence-corrected chi connectivity index (χ2v) is 20.6. The van der Waals surface area contributed by atoms with Gasteiger partial charge in [0.2, 0.25) is 0 Å². The first kappa shape index (κ1) is 30.1. The van der Waals surface area contributed by atoms with Crippen molar-refractivity contribution in [2.45, 2.75) is 214 Å². The Balaban J connectivity index is 0.870. The largest absolute Gasteiger partial charge is 0.294 e. The average Bonchev–Trinajstić information content (AvgIpc) is 3.75. The van der Waals surface area contributed by atoms with Crippen molar-refractivity contribution in [3.8, 4) is 0 Å². The summed E-state index contributed by atoms with van der Waals surface area (Å²) >= 11 is 2.49. The van der Waals surface area contributed by atoms with Gasteiger partial charge in [-0.3, -0.25) is 9.80 Å². The minimum Gasteiger partial charge on any atom is -0.294 e. The molecule has 0 aromatic carbocycles. The lowest BCUT2D eigenvalue weighted by molar-refractivity contribution is 0.0157. The Hall–Kier alpha value is 0.270. The van der Waals surface area contributed by atoms with Crippen molar-refractivity contribution < 1.29 is 0 Å². The van der Waals surface area contributed by atoms with Crippen LogP contribution in [0.3, 0.4) is 0 Å². The van der Waals surface area contributed by atoms with Crippen molar-refractivity contribution in [3.05, 3.63) is 0 Å². The standard InChI is InChI=1S/C42H68N2S/c1-2-10-29(11-3-1)43-38-16-8-5-13-32(38)35-24-27(19-22-39(35)43)28-18-21-33-31-12-4-7-15-37(31)44(40(33)25-28)30-20-23-42-36(26-30)34-14-6-9-17-41(34)45-42/h27-42H,1-26H2. The summed E-state index contributed by atoms with van der Waals surface area (Å²) in [5.41, 5.74) is 0. The average molecular weight is 633 g/mol. The summed E-state index contributed by atoms with van der Waals surface area (Å²) in [6.45, 7) is 0. The van der Waals surface area contributed by atoms with Crippen LogP contribution in [0.25, 0.3) is 0 Å². The van der Waals surface area contributed by atoms with Gasteiger partial charge < -0.3 is 0 Å². The van der Waals surface area contributed by atoms with Crippen molar-refractivity contribution in [2.75, 3.05) is 0 Å². The molecule has 10 rings (SSSR count). The summed E-state index contributed by atoms with van der Waals surface area (Å²) in [5.74, 6) is 8.56. The maximum absolute atomic E-state index is 3.39. The molecule has 45 heavy (non-hydrogen) atoms. The van der Waals surface area contributed by atoms with Crippen molar-refractivity contribution in [1.29, 1.82) is 0 Å². The zero-order valence-corrected chi connectivity index (χ0v) is 29.7. The van der Waals surface area contributed by atoms with Gasteiger partial charge in [-0.15, -0.1) is 0 Å². The highest BCUT2D eigenvalue weighted by Crippen LogP contribution is 2.60. The quantitative estimate of drug-likeness (QED) is 0.306. The molecule has 0 N–H and O–H groups in total. The molecule has 252 valence electrons. The van der Waals surface area contributed by atoms with Gasteiger partial charge in [0.25, 0.3) is 0 Å². The molecule has 3 saturated heterocycles. The van der Waals surface area contributed by atoms with E-state index in [4.69, 9.17) is 0 Å². The van der Waals surface area contributed by atoms with Crippen LogP contribution < -0.4 is 0 Å². The topological polar surface area (TPSA) is 6.48 Å². The number of thioether (sulfide) groups is 1. The van der Waals surface area contributed by atoms with Gasteiger partial charge in [-0.05, 0) is 156 Å². The van der Waals surface area contributed by atoms with Crippen LogP contribution in [0.5, 0.6) is 0 Å². The van der Waals surface area contributed by atoms with Crippen LogP contribution in [0.15, 0.2) is 0 Å². The zero-order chi connectivity index (χ0) is 29.5. The third-order valence-corrected chi connectivity index (χ3v) is 19.4. The molecular formula is C42H68N2S. The number of likely N-dealkylation sites (tertiary alicyclic amines) is 2. The highest BCUT2D eigenvalue weighted by Gasteiger charge is 2.58. The lowest BCUT2D eigenvalue weighted by Gasteiger charge is -2.48. The first-order valence-electron chi connectivity index (χ1n) is 21.5. The SMILES string of the molecule is C1CCC(N2C3CCCCC3C3CC(C4CCC5C6CCCCC6N(C6CCC7SC8CCCCC8C7C6)C5C4)CCC32)CC1. The molecule has 0 spiro atoms. The van der Waals surface area contributed by atoms with Crippen LogP contribution in [0.2, 0.25) is 0 Å². The number of hydrogen-bond acceptors (Lipinski definition) is 3. The van der Waals surface area contributed by atoms with Crippen molar-refractivity contribution in [3.63, 3.8) is 0 Å². The van der Waals surface area contributed by atoms with Crippen molar-refractivity contribution >= 4 is 11.8 Å². The van der Waals surface area contributed by atoms with Crippen LogP contribution in [0.1, 0.15) is 167 Å². The van der Waals surface area contributed by atoms with Crippen LogP contribution in [0, 0.1) is 47.3 Å². The Morgan fingerprint density at radius 3 is 1.71 bits per heavy atom. The van der Waals surface area contributed by atoms with E-state index in [0.717, 1.165) is 94.1 Å². The third kappa shape index (κ3) is 5.12. The van der Waals surface area contributed by atoms with Gasteiger partial charge in [-0.2, -0.15) is 11.8 Å².